The molecule has 2 N–H and O–H groups in total. The molecule has 1 atom stereocenters. The Kier molecular flexibility index (Phi) is 4.96. The summed E-state index contributed by atoms with van der Waals surface area (Å²) in [4.78, 5) is 27.7. The van der Waals surface area contributed by atoms with E-state index in [1.165, 1.54) is 19.2 Å². The van der Waals surface area contributed by atoms with Crippen molar-refractivity contribution in [3.05, 3.63) is 71.2 Å². The first-order chi connectivity index (χ1) is 14.0. The fourth-order valence-corrected chi connectivity index (χ4v) is 3.67. The largest absolute Gasteiger partial charge is 0.495 e. The first kappa shape index (κ1) is 19.0. The van der Waals surface area contributed by atoms with Crippen LogP contribution in [-0.4, -0.2) is 30.0 Å². The van der Waals surface area contributed by atoms with Crippen molar-refractivity contribution in [1.29, 1.82) is 0 Å². The molecule has 0 aromatic heterocycles. The maximum Gasteiger partial charge on any atom is 0.322 e. The van der Waals surface area contributed by atoms with Crippen LogP contribution in [0.5, 0.6) is 5.75 Å². The molecule has 2 aliphatic rings. The van der Waals surface area contributed by atoms with Gasteiger partial charge in [0, 0.05) is 11.7 Å². The van der Waals surface area contributed by atoms with Crippen LogP contribution in [0, 0.1) is 5.82 Å². The summed E-state index contributed by atoms with van der Waals surface area (Å²) in [5.74, 6) is -0.181. The third-order valence-corrected chi connectivity index (χ3v) is 5.24. The minimum Gasteiger partial charge on any atom is -0.495 e. The molecule has 0 unspecified atom stereocenters. The van der Waals surface area contributed by atoms with Crippen molar-refractivity contribution in [2.75, 3.05) is 12.4 Å². The van der Waals surface area contributed by atoms with Gasteiger partial charge in [0.15, 0.2) is 0 Å². The van der Waals surface area contributed by atoms with Gasteiger partial charge in [-0.05, 0) is 49.6 Å². The van der Waals surface area contributed by atoms with Crippen LogP contribution in [0.15, 0.2) is 59.8 Å². The number of methoxy groups -OCH3 is 1. The van der Waals surface area contributed by atoms with E-state index in [4.69, 9.17) is 4.74 Å². The first-order valence-electron chi connectivity index (χ1n) is 9.50. The van der Waals surface area contributed by atoms with Gasteiger partial charge in [0.05, 0.1) is 24.4 Å². The molecule has 2 aromatic rings. The van der Waals surface area contributed by atoms with Crippen LogP contribution in [-0.2, 0) is 4.79 Å². The monoisotopic (exact) mass is 395 g/mol. The van der Waals surface area contributed by atoms with Crippen LogP contribution < -0.4 is 15.4 Å². The second-order valence-corrected chi connectivity index (χ2v) is 7.19. The van der Waals surface area contributed by atoms with Crippen molar-refractivity contribution in [3.63, 3.8) is 0 Å². The molecule has 1 saturated carbocycles. The highest BCUT2D eigenvalue weighted by Gasteiger charge is 2.42. The lowest BCUT2D eigenvalue weighted by Crippen LogP contribution is -2.49. The third-order valence-electron chi connectivity index (χ3n) is 5.24. The van der Waals surface area contributed by atoms with Crippen molar-refractivity contribution in [2.45, 2.75) is 31.8 Å². The Hall–Kier alpha value is -3.35. The number of ether oxygens (including phenoxy) is 1. The number of benzene rings is 2. The second-order valence-electron chi connectivity index (χ2n) is 7.19. The van der Waals surface area contributed by atoms with E-state index < -0.39 is 6.04 Å². The summed E-state index contributed by atoms with van der Waals surface area (Å²) in [7, 11) is 1.53. The number of hydrogen-bond acceptors (Lipinski definition) is 3. The summed E-state index contributed by atoms with van der Waals surface area (Å²) in [5, 5.41) is 5.81. The number of amides is 3. The molecule has 3 amide bonds. The Labute approximate surface area is 168 Å². The molecule has 4 rings (SSSR count). The van der Waals surface area contributed by atoms with E-state index in [1.54, 1.807) is 42.2 Å². The molecule has 1 aliphatic heterocycles. The summed E-state index contributed by atoms with van der Waals surface area (Å²) < 4.78 is 18.7. The highest BCUT2D eigenvalue weighted by Crippen LogP contribution is 2.38. The molecule has 6 nitrogen and oxygen atoms in total. The van der Waals surface area contributed by atoms with E-state index in [0.29, 0.717) is 28.3 Å². The van der Waals surface area contributed by atoms with E-state index in [-0.39, 0.29) is 23.8 Å². The Morgan fingerprint density at radius 2 is 1.86 bits per heavy atom. The second kappa shape index (κ2) is 7.58. The van der Waals surface area contributed by atoms with E-state index in [0.717, 1.165) is 12.8 Å². The number of urea groups is 1. The Balaban J connectivity index is 1.74. The van der Waals surface area contributed by atoms with Gasteiger partial charge in [0.1, 0.15) is 11.6 Å². The summed E-state index contributed by atoms with van der Waals surface area (Å²) >= 11 is 0. The highest BCUT2D eigenvalue weighted by molar-refractivity contribution is 6.07. The molecule has 0 spiro atoms. The van der Waals surface area contributed by atoms with Gasteiger partial charge in [-0.3, -0.25) is 9.69 Å². The Bertz CT molecular complexity index is 983. The average molecular weight is 395 g/mol. The first-order valence-corrected chi connectivity index (χ1v) is 9.50. The quantitative estimate of drug-likeness (QED) is 0.805. The van der Waals surface area contributed by atoms with E-state index in [2.05, 4.69) is 10.6 Å². The molecule has 1 heterocycles. The predicted molar refractivity (Wildman–Crippen MR) is 107 cm³/mol. The number of halogens is 1. The minimum atomic E-state index is -0.673. The standard InChI is InChI=1S/C22H22FN3O3/c1-13-19(21(27)24-17-5-3-4-6-18(17)29-2)20(14-7-9-15(23)10-8-14)25-22(28)26(13)16-11-12-16/h3-10,16,20H,11-12H2,1-2H3,(H,24,27)(H,25,28)/t20-/m0/s1. The van der Waals surface area contributed by atoms with Gasteiger partial charge in [-0.1, -0.05) is 24.3 Å². The fourth-order valence-electron chi connectivity index (χ4n) is 3.67. The minimum absolute atomic E-state index is 0.109. The lowest BCUT2D eigenvalue weighted by molar-refractivity contribution is -0.113. The zero-order chi connectivity index (χ0) is 20.5. The number of para-hydroxylation sites is 2. The number of carbonyl (C=O) groups excluding carboxylic acids is 2. The van der Waals surface area contributed by atoms with Gasteiger partial charge in [-0.25, -0.2) is 9.18 Å². The fraction of sp³-hybridized carbons (Fsp3) is 0.273. The highest BCUT2D eigenvalue weighted by atomic mass is 19.1. The maximum absolute atomic E-state index is 13.4. The summed E-state index contributed by atoms with van der Waals surface area (Å²) in [5.41, 5.74) is 2.21. The maximum atomic E-state index is 13.4. The molecule has 2 aromatic carbocycles. The molecular formula is C22H22FN3O3. The molecular weight excluding hydrogens is 373 g/mol. The van der Waals surface area contributed by atoms with E-state index in [9.17, 15) is 14.0 Å². The van der Waals surface area contributed by atoms with Crippen LogP contribution in [0.3, 0.4) is 0 Å². The van der Waals surface area contributed by atoms with Gasteiger partial charge >= 0.3 is 6.03 Å². The van der Waals surface area contributed by atoms with Gasteiger partial charge in [0.2, 0.25) is 0 Å². The van der Waals surface area contributed by atoms with Crippen LogP contribution in [0.4, 0.5) is 14.9 Å². The van der Waals surface area contributed by atoms with E-state index >= 15 is 0 Å². The van der Waals surface area contributed by atoms with Crippen molar-refractivity contribution < 1.29 is 18.7 Å². The normalized spacial score (nSPS) is 19.1. The van der Waals surface area contributed by atoms with Gasteiger partial charge in [-0.2, -0.15) is 0 Å². The number of hydrogen-bond donors (Lipinski definition) is 2. The van der Waals surface area contributed by atoms with Crippen LogP contribution >= 0.6 is 0 Å². The summed E-state index contributed by atoms with van der Waals surface area (Å²) in [6.45, 7) is 1.78. The van der Waals surface area contributed by atoms with Crippen molar-refractivity contribution in [2.24, 2.45) is 0 Å². The Morgan fingerprint density at radius 3 is 2.52 bits per heavy atom. The number of rotatable bonds is 5. The van der Waals surface area contributed by atoms with Gasteiger partial charge < -0.3 is 15.4 Å². The smallest absolute Gasteiger partial charge is 0.322 e. The number of carbonyl (C=O) groups is 2. The summed E-state index contributed by atoms with van der Waals surface area (Å²) in [6, 6.07) is 12.1. The molecule has 1 aliphatic carbocycles. The SMILES string of the molecule is COc1ccccc1NC(=O)C1=C(C)N(C2CC2)C(=O)N[C@H]1c1ccc(F)cc1. The van der Waals surface area contributed by atoms with Crippen LogP contribution in [0.1, 0.15) is 31.4 Å². The van der Waals surface area contributed by atoms with Crippen molar-refractivity contribution >= 4 is 17.6 Å². The van der Waals surface area contributed by atoms with Gasteiger partial charge in [-0.15, -0.1) is 0 Å². The molecule has 29 heavy (non-hydrogen) atoms. The van der Waals surface area contributed by atoms with Gasteiger partial charge in [0.25, 0.3) is 5.91 Å². The zero-order valence-electron chi connectivity index (χ0n) is 16.2. The molecule has 0 bridgehead atoms. The van der Waals surface area contributed by atoms with Crippen molar-refractivity contribution in [3.8, 4) is 5.75 Å². The molecule has 0 radical (unpaired) electrons. The topological polar surface area (TPSA) is 70.7 Å². The zero-order valence-corrected chi connectivity index (χ0v) is 16.2. The lowest BCUT2D eigenvalue weighted by Gasteiger charge is -2.36. The average Bonchev–Trinajstić information content (AvgIpc) is 3.53. The van der Waals surface area contributed by atoms with E-state index in [1.807, 2.05) is 6.07 Å². The number of nitrogens with zero attached hydrogens (tertiary/aromatic N) is 1. The molecule has 7 heteroatoms. The molecule has 150 valence electrons. The third kappa shape index (κ3) is 3.68. The number of nitrogens with one attached hydrogen (secondary N) is 2. The number of anilines is 1. The van der Waals surface area contributed by atoms with Crippen LogP contribution in [0.2, 0.25) is 0 Å². The molecule has 0 saturated heterocycles. The number of allylic oxidation sites excluding steroid dienone is 1. The predicted octanol–water partition coefficient (Wildman–Crippen LogP) is 3.98. The molecule has 1 fully saturated rings. The van der Waals surface area contributed by atoms with Crippen molar-refractivity contribution in [1.82, 2.24) is 10.2 Å². The van der Waals surface area contributed by atoms with Crippen LogP contribution in [0.25, 0.3) is 0 Å². The Morgan fingerprint density at radius 1 is 1.17 bits per heavy atom. The summed E-state index contributed by atoms with van der Waals surface area (Å²) in [6.07, 6.45) is 1.82. The lowest BCUT2D eigenvalue weighted by atomic mass is 9.94.